The number of hydrogen-bond donors (Lipinski definition) is 1. The monoisotopic (exact) mass is 282 g/mol. The highest BCUT2D eigenvalue weighted by Crippen LogP contribution is 2.41. The normalized spacial score (nSPS) is 20.5. The van der Waals surface area contributed by atoms with E-state index in [2.05, 4.69) is 0 Å². The predicted molar refractivity (Wildman–Crippen MR) is 76.2 cm³/mol. The molecule has 2 unspecified atom stereocenters. The van der Waals surface area contributed by atoms with Gasteiger partial charge in [0, 0.05) is 0 Å². The molecule has 21 heavy (non-hydrogen) atoms. The van der Waals surface area contributed by atoms with Crippen LogP contribution in [0.1, 0.15) is 39.1 Å². The zero-order chi connectivity index (χ0) is 15.0. The van der Waals surface area contributed by atoms with Gasteiger partial charge in [0.25, 0.3) is 0 Å². The van der Waals surface area contributed by atoms with Crippen LogP contribution in [0.15, 0.2) is 48.5 Å². The lowest BCUT2D eigenvalue weighted by atomic mass is 9.83. The van der Waals surface area contributed by atoms with Crippen LogP contribution < -0.4 is 0 Å². The molecule has 0 bridgehead atoms. The van der Waals surface area contributed by atoms with Crippen LogP contribution in [0.3, 0.4) is 0 Å². The molecule has 1 heterocycles. The molecule has 0 saturated heterocycles. The van der Waals surface area contributed by atoms with Crippen molar-refractivity contribution < 1.29 is 19.4 Å². The zero-order valence-corrected chi connectivity index (χ0v) is 11.4. The van der Waals surface area contributed by atoms with Crippen LogP contribution in [0.25, 0.3) is 0 Å². The molecule has 3 rings (SSSR count). The molecule has 2 aromatic carbocycles. The number of aryl methyl sites for hydroxylation is 1. The third-order valence-corrected chi connectivity index (χ3v) is 3.81. The molecule has 1 N–H and O–H groups in total. The molecule has 0 amide bonds. The standard InChI is InChI=1S/C17H14O4/c1-10-6-2-3-7-11(10)15-14(16(18)19)12-8-4-5-9-13(12)17(20)21-15/h2-9,14-15H,1H3,(H,18,19). The molecule has 1 aliphatic rings. The summed E-state index contributed by atoms with van der Waals surface area (Å²) in [6.45, 7) is 1.88. The van der Waals surface area contributed by atoms with Crippen molar-refractivity contribution >= 4 is 11.9 Å². The van der Waals surface area contributed by atoms with Gasteiger partial charge in [-0.2, -0.15) is 0 Å². The topological polar surface area (TPSA) is 63.6 Å². The minimum Gasteiger partial charge on any atom is -0.481 e. The fraction of sp³-hybridized carbons (Fsp3) is 0.176. The number of carbonyl (C=O) groups excluding carboxylic acids is 1. The van der Waals surface area contributed by atoms with E-state index in [-0.39, 0.29) is 0 Å². The van der Waals surface area contributed by atoms with E-state index < -0.39 is 24.0 Å². The van der Waals surface area contributed by atoms with Gasteiger partial charge >= 0.3 is 11.9 Å². The summed E-state index contributed by atoms with van der Waals surface area (Å²) in [5, 5.41) is 9.60. The first kappa shape index (κ1) is 13.4. The molecule has 4 heteroatoms. The molecule has 1 aliphatic heterocycles. The first-order valence-electron chi connectivity index (χ1n) is 6.68. The van der Waals surface area contributed by atoms with Gasteiger partial charge in [0.05, 0.1) is 5.56 Å². The summed E-state index contributed by atoms with van der Waals surface area (Å²) < 4.78 is 5.43. The number of carbonyl (C=O) groups is 2. The number of benzene rings is 2. The Morgan fingerprint density at radius 2 is 1.67 bits per heavy atom. The van der Waals surface area contributed by atoms with Crippen LogP contribution in [0, 0.1) is 6.92 Å². The molecule has 0 aliphatic carbocycles. The molecule has 106 valence electrons. The van der Waals surface area contributed by atoms with Gasteiger partial charge in [-0.05, 0) is 29.7 Å². The fourth-order valence-corrected chi connectivity index (χ4v) is 2.78. The van der Waals surface area contributed by atoms with Crippen LogP contribution in [-0.2, 0) is 9.53 Å². The molecule has 2 atom stereocenters. The van der Waals surface area contributed by atoms with Crippen molar-refractivity contribution in [2.75, 3.05) is 0 Å². The third kappa shape index (κ3) is 2.18. The molecule has 0 aromatic heterocycles. The van der Waals surface area contributed by atoms with Crippen LogP contribution in [-0.4, -0.2) is 17.0 Å². The van der Waals surface area contributed by atoms with E-state index in [4.69, 9.17) is 4.74 Å². The van der Waals surface area contributed by atoms with E-state index in [9.17, 15) is 14.7 Å². The summed E-state index contributed by atoms with van der Waals surface area (Å²) >= 11 is 0. The van der Waals surface area contributed by atoms with Gasteiger partial charge in [0.2, 0.25) is 0 Å². The lowest BCUT2D eigenvalue weighted by Gasteiger charge is -2.31. The van der Waals surface area contributed by atoms with Crippen molar-refractivity contribution in [1.82, 2.24) is 0 Å². The van der Waals surface area contributed by atoms with Crippen molar-refractivity contribution in [2.24, 2.45) is 0 Å². The quantitative estimate of drug-likeness (QED) is 0.860. The second-order valence-corrected chi connectivity index (χ2v) is 5.09. The number of hydrogen-bond acceptors (Lipinski definition) is 3. The number of rotatable bonds is 2. The van der Waals surface area contributed by atoms with Gasteiger partial charge < -0.3 is 9.84 Å². The molecule has 0 spiro atoms. The Hall–Kier alpha value is -2.62. The smallest absolute Gasteiger partial charge is 0.339 e. The average Bonchev–Trinajstić information content (AvgIpc) is 2.47. The molecule has 0 saturated carbocycles. The number of fused-ring (bicyclic) bond motifs is 1. The number of aliphatic carboxylic acids is 1. The highest BCUT2D eigenvalue weighted by Gasteiger charge is 2.41. The first-order chi connectivity index (χ1) is 10.1. The maximum absolute atomic E-state index is 12.1. The molecular formula is C17H14O4. The van der Waals surface area contributed by atoms with E-state index in [1.165, 1.54) is 0 Å². The summed E-state index contributed by atoms with van der Waals surface area (Å²) in [4.78, 5) is 23.9. The Morgan fingerprint density at radius 1 is 1.05 bits per heavy atom. The lowest BCUT2D eigenvalue weighted by molar-refractivity contribution is -0.142. The lowest BCUT2D eigenvalue weighted by Crippen LogP contribution is -2.31. The van der Waals surface area contributed by atoms with E-state index in [0.717, 1.165) is 11.1 Å². The SMILES string of the molecule is Cc1ccccc1C1OC(=O)c2ccccc2C1C(=O)O. The van der Waals surface area contributed by atoms with E-state index in [1.807, 2.05) is 25.1 Å². The van der Waals surface area contributed by atoms with Gasteiger partial charge in [-0.1, -0.05) is 42.5 Å². The second-order valence-electron chi connectivity index (χ2n) is 5.09. The highest BCUT2D eigenvalue weighted by atomic mass is 16.5. The van der Waals surface area contributed by atoms with Crippen LogP contribution in [0.2, 0.25) is 0 Å². The van der Waals surface area contributed by atoms with Gasteiger partial charge in [-0.15, -0.1) is 0 Å². The summed E-state index contributed by atoms with van der Waals surface area (Å²) in [6, 6.07) is 14.1. The number of carboxylic acid groups (broad SMARTS) is 1. The van der Waals surface area contributed by atoms with Gasteiger partial charge in [-0.25, -0.2) is 4.79 Å². The minimum absolute atomic E-state index is 0.328. The van der Waals surface area contributed by atoms with Crippen molar-refractivity contribution in [3.63, 3.8) is 0 Å². The number of cyclic esters (lactones) is 1. The number of ether oxygens (including phenoxy) is 1. The molecule has 0 radical (unpaired) electrons. The summed E-state index contributed by atoms with van der Waals surface area (Å²) in [5.74, 6) is -2.36. The Labute approximate surface area is 122 Å². The second kappa shape index (κ2) is 5.05. The van der Waals surface area contributed by atoms with Gasteiger partial charge in [0.15, 0.2) is 0 Å². The molecular weight excluding hydrogens is 268 g/mol. The van der Waals surface area contributed by atoms with Crippen LogP contribution >= 0.6 is 0 Å². The molecule has 0 fully saturated rings. The maximum atomic E-state index is 12.1. The van der Waals surface area contributed by atoms with E-state index in [1.54, 1.807) is 30.3 Å². The Kier molecular flexibility index (Phi) is 3.22. The van der Waals surface area contributed by atoms with Gasteiger partial charge in [0.1, 0.15) is 12.0 Å². The van der Waals surface area contributed by atoms with E-state index >= 15 is 0 Å². The Balaban J connectivity index is 2.17. The average molecular weight is 282 g/mol. The minimum atomic E-state index is -0.997. The van der Waals surface area contributed by atoms with Crippen molar-refractivity contribution in [3.8, 4) is 0 Å². The predicted octanol–water partition coefficient (Wildman–Crippen LogP) is 3.07. The largest absolute Gasteiger partial charge is 0.481 e. The van der Waals surface area contributed by atoms with E-state index in [0.29, 0.717) is 11.1 Å². The van der Waals surface area contributed by atoms with Gasteiger partial charge in [-0.3, -0.25) is 4.79 Å². The first-order valence-corrected chi connectivity index (χ1v) is 6.68. The third-order valence-electron chi connectivity index (χ3n) is 3.81. The van der Waals surface area contributed by atoms with Crippen molar-refractivity contribution in [1.29, 1.82) is 0 Å². The fourth-order valence-electron chi connectivity index (χ4n) is 2.78. The van der Waals surface area contributed by atoms with Crippen LogP contribution in [0.5, 0.6) is 0 Å². The van der Waals surface area contributed by atoms with Crippen molar-refractivity contribution in [3.05, 3.63) is 70.8 Å². The summed E-state index contributed by atoms with van der Waals surface area (Å²) in [5.41, 5.74) is 2.47. The molecule has 2 aromatic rings. The molecule has 4 nitrogen and oxygen atoms in total. The van der Waals surface area contributed by atoms with Crippen molar-refractivity contribution in [2.45, 2.75) is 18.9 Å². The van der Waals surface area contributed by atoms with Crippen LogP contribution in [0.4, 0.5) is 0 Å². The Morgan fingerprint density at radius 3 is 2.33 bits per heavy atom. The highest BCUT2D eigenvalue weighted by molar-refractivity contribution is 5.96. The Bertz CT molecular complexity index is 720. The zero-order valence-electron chi connectivity index (χ0n) is 11.4. The summed E-state index contributed by atoms with van der Waals surface area (Å²) in [7, 11) is 0. The maximum Gasteiger partial charge on any atom is 0.339 e. The number of esters is 1. The number of carboxylic acids is 1. The summed E-state index contributed by atoms with van der Waals surface area (Å²) in [6.07, 6.45) is -0.800.